The summed E-state index contributed by atoms with van der Waals surface area (Å²) < 4.78 is 45.6. The van der Waals surface area contributed by atoms with Crippen LogP contribution < -0.4 is 5.32 Å². The number of rotatable bonds is 7. The molecule has 0 atom stereocenters. The molecule has 0 aliphatic carbocycles. The summed E-state index contributed by atoms with van der Waals surface area (Å²) in [4.78, 5) is 4.21. The van der Waals surface area contributed by atoms with Crippen molar-refractivity contribution in [2.45, 2.75) is 29.7 Å². The molecule has 0 saturated heterocycles. The first kappa shape index (κ1) is 18.1. The molecule has 0 aliphatic heterocycles. The van der Waals surface area contributed by atoms with Crippen LogP contribution in [0.1, 0.15) is 19.8 Å². The van der Waals surface area contributed by atoms with Crippen molar-refractivity contribution in [1.82, 2.24) is 4.98 Å². The minimum absolute atomic E-state index is 0.0283. The van der Waals surface area contributed by atoms with Crippen LogP contribution in [0, 0.1) is 5.82 Å². The normalized spacial score (nSPS) is 11.5. The van der Waals surface area contributed by atoms with Gasteiger partial charge in [0.15, 0.2) is 0 Å². The van der Waals surface area contributed by atoms with Crippen LogP contribution in [0.4, 0.5) is 10.3 Å². The van der Waals surface area contributed by atoms with E-state index in [1.54, 1.807) is 30.3 Å². The van der Waals surface area contributed by atoms with Crippen LogP contribution in [-0.4, -0.2) is 19.9 Å². The van der Waals surface area contributed by atoms with E-state index in [1.165, 1.54) is 24.3 Å². The molecule has 0 bridgehead atoms. The number of nitrogens with one attached hydrogen (secondary N) is 1. The molecule has 0 unspecified atom stereocenters. The summed E-state index contributed by atoms with van der Waals surface area (Å²) in [5, 5.41) is 2.73. The highest BCUT2D eigenvalue weighted by Crippen LogP contribution is 2.33. The maximum absolute atomic E-state index is 14.1. The average molecular weight is 374 g/mol. The fraction of sp³-hybridized carbons (Fsp3) is 0.211. The zero-order chi connectivity index (χ0) is 18.6. The van der Waals surface area contributed by atoms with Gasteiger partial charge in [-0.05, 0) is 30.7 Å². The molecule has 0 aliphatic rings. The lowest BCUT2D eigenvalue weighted by Gasteiger charge is -2.05. The third kappa shape index (κ3) is 3.62. The number of hydrogen-bond acceptors (Lipinski definition) is 5. The van der Waals surface area contributed by atoms with Crippen LogP contribution in [0.2, 0.25) is 0 Å². The van der Waals surface area contributed by atoms with Gasteiger partial charge < -0.3 is 9.73 Å². The van der Waals surface area contributed by atoms with Crippen molar-refractivity contribution in [3.8, 4) is 11.5 Å². The third-order valence-electron chi connectivity index (χ3n) is 3.82. The number of benzene rings is 2. The van der Waals surface area contributed by atoms with E-state index in [9.17, 15) is 12.8 Å². The lowest BCUT2D eigenvalue weighted by atomic mass is 10.2. The monoisotopic (exact) mass is 374 g/mol. The van der Waals surface area contributed by atoms with E-state index >= 15 is 0 Å². The molecular formula is C19H19FN2O3S. The molecule has 2 aromatic carbocycles. The van der Waals surface area contributed by atoms with E-state index in [-0.39, 0.29) is 27.3 Å². The van der Waals surface area contributed by atoms with Gasteiger partial charge in [0.05, 0.1) is 10.5 Å². The molecule has 136 valence electrons. The van der Waals surface area contributed by atoms with E-state index in [1.807, 2.05) is 6.92 Å². The molecule has 0 amide bonds. The quantitative estimate of drug-likeness (QED) is 0.615. The largest absolute Gasteiger partial charge is 0.419 e. The van der Waals surface area contributed by atoms with Gasteiger partial charge in [0.2, 0.25) is 26.6 Å². The molecule has 7 heteroatoms. The number of oxazole rings is 1. The highest BCUT2D eigenvalue weighted by Gasteiger charge is 2.28. The number of anilines is 1. The van der Waals surface area contributed by atoms with Crippen molar-refractivity contribution in [1.29, 1.82) is 0 Å². The van der Waals surface area contributed by atoms with E-state index in [4.69, 9.17) is 4.42 Å². The lowest BCUT2D eigenvalue weighted by Crippen LogP contribution is -2.08. The van der Waals surface area contributed by atoms with Gasteiger partial charge in [0.1, 0.15) is 5.82 Å². The minimum Gasteiger partial charge on any atom is -0.419 e. The lowest BCUT2D eigenvalue weighted by molar-refractivity contribution is 0.566. The van der Waals surface area contributed by atoms with Crippen LogP contribution in [0.3, 0.4) is 0 Å². The summed E-state index contributed by atoms with van der Waals surface area (Å²) in [6, 6.07) is 13.9. The van der Waals surface area contributed by atoms with Gasteiger partial charge in [0, 0.05) is 6.54 Å². The van der Waals surface area contributed by atoms with Crippen molar-refractivity contribution in [3.63, 3.8) is 0 Å². The van der Waals surface area contributed by atoms with Gasteiger partial charge in [-0.2, -0.15) is 4.98 Å². The number of hydrogen-bond donors (Lipinski definition) is 1. The van der Waals surface area contributed by atoms with Crippen LogP contribution in [0.25, 0.3) is 11.5 Å². The topological polar surface area (TPSA) is 72.2 Å². The SMILES string of the molecule is CCCCNc1oc(-c2ccccc2F)nc1S(=O)(=O)c1ccccc1. The molecule has 1 heterocycles. The summed E-state index contributed by atoms with van der Waals surface area (Å²) >= 11 is 0. The molecular weight excluding hydrogens is 355 g/mol. The van der Waals surface area contributed by atoms with Gasteiger partial charge in [0.25, 0.3) is 0 Å². The molecule has 26 heavy (non-hydrogen) atoms. The predicted molar refractivity (Wildman–Crippen MR) is 97.2 cm³/mol. The minimum atomic E-state index is -3.90. The number of unbranched alkanes of at least 4 members (excludes halogenated alkanes) is 1. The fourth-order valence-corrected chi connectivity index (χ4v) is 3.74. The summed E-state index contributed by atoms with van der Waals surface area (Å²) in [7, 11) is -3.90. The molecule has 0 fully saturated rings. The van der Waals surface area contributed by atoms with E-state index in [0.717, 1.165) is 12.8 Å². The van der Waals surface area contributed by atoms with E-state index < -0.39 is 15.7 Å². The Kier molecular flexibility index (Phi) is 5.37. The molecule has 3 aromatic rings. The third-order valence-corrected chi connectivity index (χ3v) is 5.50. The molecule has 0 saturated carbocycles. The first-order valence-electron chi connectivity index (χ1n) is 8.33. The molecule has 1 N–H and O–H groups in total. The Morgan fingerprint density at radius 1 is 1.08 bits per heavy atom. The molecule has 3 rings (SSSR count). The van der Waals surface area contributed by atoms with Gasteiger partial charge in [-0.3, -0.25) is 0 Å². The second-order valence-electron chi connectivity index (χ2n) is 5.73. The number of nitrogens with zero attached hydrogens (tertiary/aromatic N) is 1. The van der Waals surface area contributed by atoms with E-state index in [0.29, 0.717) is 6.54 Å². The number of aromatic nitrogens is 1. The van der Waals surface area contributed by atoms with Gasteiger partial charge in [-0.25, -0.2) is 12.8 Å². The van der Waals surface area contributed by atoms with E-state index in [2.05, 4.69) is 10.3 Å². The van der Waals surface area contributed by atoms with Crippen molar-refractivity contribution in [2.24, 2.45) is 0 Å². The summed E-state index contributed by atoms with van der Waals surface area (Å²) in [6.45, 7) is 2.55. The Morgan fingerprint density at radius 3 is 2.46 bits per heavy atom. The van der Waals surface area contributed by atoms with Crippen molar-refractivity contribution >= 4 is 15.7 Å². The Labute approximate surface area is 151 Å². The van der Waals surface area contributed by atoms with Crippen molar-refractivity contribution in [2.75, 3.05) is 11.9 Å². The predicted octanol–water partition coefficient (Wildman–Crippen LogP) is 4.53. The van der Waals surface area contributed by atoms with Crippen LogP contribution in [0.5, 0.6) is 0 Å². The molecule has 0 radical (unpaired) electrons. The zero-order valence-corrected chi connectivity index (χ0v) is 15.1. The van der Waals surface area contributed by atoms with Crippen LogP contribution in [-0.2, 0) is 9.84 Å². The van der Waals surface area contributed by atoms with Crippen molar-refractivity contribution in [3.05, 3.63) is 60.4 Å². The molecule has 5 nitrogen and oxygen atoms in total. The van der Waals surface area contributed by atoms with Crippen LogP contribution in [0.15, 0.2) is 68.9 Å². The van der Waals surface area contributed by atoms with Crippen LogP contribution >= 0.6 is 0 Å². The summed E-state index contributed by atoms with van der Waals surface area (Å²) in [5.41, 5.74) is 0.112. The first-order valence-corrected chi connectivity index (χ1v) is 9.82. The number of halogens is 1. The summed E-state index contributed by atoms with van der Waals surface area (Å²) in [5.74, 6) is -0.574. The Morgan fingerprint density at radius 2 is 1.77 bits per heavy atom. The van der Waals surface area contributed by atoms with Gasteiger partial charge >= 0.3 is 0 Å². The second-order valence-corrected chi connectivity index (χ2v) is 7.59. The first-order chi connectivity index (χ1) is 12.5. The summed E-state index contributed by atoms with van der Waals surface area (Å²) in [6.07, 6.45) is 1.77. The molecule has 1 aromatic heterocycles. The van der Waals surface area contributed by atoms with Crippen molar-refractivity contribution < 1.29 is 17.2 Å². The number of sulfone groups is 1. The second kappa shape index (κ2) is 7.70. The fourth-order valence-electron chi connectivity index (χ4n) is 2.44. The Hall–Kier alpha value is -2.67. The Bertz CT molecular complexity index is 985. The highest BCUT2D eigenvalue weighted by atomic mass is 32.2. The maximum Gasteiger partial charge on any atom is 0.233 e. The average Bonchev–Trinajstić information content (AvgIpc) is 3.08. The standard InChI is InChI=1S/C19H19FN2O3S/c1-2-3-13-21-18-19(26(23,24)14-9-5-4-6-10-14)22-17(25-18)15-11-7-8-12-16(15)20/h4-12,21H,2-3,13H2,1H3. The maximum atomic E-state index is 14.1. The van der Waals surface area contributed by atoms with Gasteiger partial charge in [-0.1, -0.05) is 43.7 Å². The molecule has 0 spiro atoms. The highest BCUT2D eigenvalue weighted by molar-refractivity contribution is 7.91. The smallest absolute Gasteiger partial charge is 0.233 e. The van der Waals surface area contributed by atoms with Gasteiger partial charge in [-0.15, -0.1) is 0 Å². The Balaban J connectivity index is 2.09. The zero-order valence-electron chi connectivity index (χ0n) is 14.3.